The lowest BCUT2D eigenvalue weighted by Crippen LogP contribution is -2.60. The molecular weight excluding hydrogens is 590 g/mol. The zero-order valence-electron chi connectivity index (χ0n) is 28.2. The first-order valence-electron chi connectivity index (χ1n) is 16.3. The normalized spacial score (nSPS) is 18.7. The Labute approximate surface area is 271 Å². The summed E-state index contributed by atoms with van der Waals surface area (Å²) in [4.78, 5) is 67.6. The zero-order valence-corrected chi connectivity index (χ0v) is 28.2. The number of ether oxygens (including phenoxy) is 1. The first-order chi connectivity index (χ1) is 21.7. The second-order valence-electron chi connectivity index (χ2n) is 13.6. The van der Waals surface area contributed by atoms with Crippen molar-refractivity contribution < 1.29 is 33.8 Å². The highest BCUT2D eigenvalue weighted by molar-refractivity contribution is 5.95. The SMILES string of the molecule is CCCCC(NC(=O)C(Cc1cn(C(=O)OC)c2ccccc12)NC(=O)C(CC(C)(C)C)NC(=O)N1[C@H](C)CCC[C@@H]1C)C(=O)O. The molecular formula is C34H51N5O7. The van der Waals surface area contributed by atoms with Gasteiger partial charge in [-0.25, -0.2) is 14.4 Å². The third-order valence-electron chi connectivity index (χ3n) is 8.54. The van der Waals surface area contributed by atoms with Crippen LogP contribution in [0.5, 0.6) is 0 Å². The molecule has 2 heterocycles. The summed E-state index contributed by atoms with van der Waals surface area (Å²) >= 11 is 0. The average molecular weight is 642 g/mol. The summed E-state index contributed by atoms with van der Waals surface area (Å²) in [5, 5.41) is 18.9. The van der Waals surface area contributed by atoms with Crippen LogP contribution >= 0.6 is 0 Å². The third kappa shape index (κ3) is 9.46. The molecule has 1 aromatic heterocycles. The van der Waals surface area contributed by atoms with E-state index in [2.05, 4.69) is 16.0 Å². The van der Waals surface area contributed by atoms with Crippen LogP contribution in [-0.4, -0.2) is 81.8 Å². The number of carboxylic acids is 1. The molecule has 46 heavy (non-hydrogen) atoms. The summed E-state index contributed by atoms with van der Waals surface area (Å²) in [5.41, 5.74) is 0.785. The van der Waals surface area contributed by atoms with Crippen molar-refractivity contribution in [3.63, 3.8) is 0 Å². The molecule has 12 nitrogen and oxygen atoms in total. The lowest BCUT2D eigenvalue weighted by Gasteiger charge is -2.40. The highest BCUT2D eigenvalue weighted by Crippen LogP contribution is 2.26. The topological polar surface area (TPSA) is 159 Å². The van der Waals surface area contributed by atoms with Crippen molar-refractivity contribution in [1.29, 1.82) is 0 Å². The largest absolute Gasteiger partial charge is 0.480 e. The number of piperidine rings is 1. The maximum Gasteiger partial charge on any atom is 0.418 e. The van der Waals surface area contributed by atoms with E-state index in [0.717, 1.165) is 25.7 Å². The second kappa shape index (κ2) is 16.0. The lowest BCUT2D eigenvalue weighted by atomic mass is 9.87. The number of methoxy groups -OCH3 is 1. The molecule has 3 unspecified atom stereocenters. The number of para-hydroxylation sites is 1. The fourth-order valence-corrected chi connectivity index (χ4v) is 6.17. The van der Waals surface area contributed by atoms with Crippen molar-refractivity contribution >= 4 is 40.8 Å². The monoisotopic (exact) mass is 641 g/mol. The minimum Gasteiger partial charge on any atom is -0.480 e. The first-order valence-corrected chi connectivity index (χ1v) is 16.3. The quantitative estimate of drug-likeness (QED) is 0.259. The van der Waals surface area contributed by atoms with E-state index in [1.807, 2.05) is 41.5 Å². The molecule has 4 N–H and O–H groups in total. The van der Waals surface area contributed by atoms with Crippen molar-refractivity contribution in [3.05, 3.63) is 36.0 Å². The molecule has 1 saturated heterocycles. The van der Waals surface area contributed by atoms with Crippen LogP contribution in [0.2, 0.25) is 0 Å². The molecule has 1 aliphatic rings. The van der Waals surface area contributed by atoms with Crippen molar-refractivity contribution in [2.45, 2.75) is 123 Å². The first kappa shape index (κ1) is 36.4. The van der Waals surface area contributed by atoms with Gasteiger partial charge in [-0.2, -0.15) is 0 Å². The number of rotatable bonds is 12. The van der Waals surface area contributed by atoms with Gasteiger partial charge in [0.05, 0.1) is 12.6 Å². The maximum absolute atomic E-state index is 14.0. The van der Waals surface area contributed by atoms with Gasteiger partial charge in [0.2, 0.25) is 11.8 Å². The minimum atomic E-state index is -1.21. The standard InChI is InChI=1S/C34H51N5O7/c1-8-9-16-25(31(42)43)35-29(40)26(18-23-20-38(33(45)46-7)28-17-11-10-15-24(23)28)36-30(41)27(19-34(4,5)6)37-32(44)39-21(2)13-12-14-22(39)3/h10-11,15,17,20-22,25-27H,8-9,12-14,16,18-19H2,1-7H3,(H,35,40)(H,36,41)(H,37,44)(H,42,43)/t21-,22+,25?,26?,27?. The number of nitrogens with one attached hydrogen (secondary N) is 3. The molecule has 1 aromatic carbocycles. The van der Waals surface area contributed by atoms with E-state index in [4.69, 9.17) is 4.74 Å². The highest BCUT2D eigenvalue weighted by Gasteiger charge is 2.35. The fourth-order valence-electron chi connectivity index (χ4n) is 6.17. The van der Waals surface area contributed by atoms with E-state index in [1.165, 1.54) is 11.7 Å². The van der Waals surface area contributed by atoms with Gasteiger partial charge in [0.25, 0.3) is 0 Å². The van der Waals surface area contributed by atoms with Crippen LogP contribution < -0.4 is 16.0 Å². The van der Waals surface area contributed by atoms with Crippen LogP contribution in [0.15, 0.2) is 30.5 Å². The van der Waals surface area contributed by atoms with E-state index in [0.29, 0.717) is 29.3 Å². The number of amides is 4. The number of aliphatic carboxylic acids is 1. The van der Waals surface area contributed by atoms with Crippen LogP contribution in [0.3, 0.4) is 0 Å². The predicted octanol–water partition coefficient (Wildman–Crippen LogP) is 4.82. The number of likely N-dealkylation sites (tertiary alicyclic amines) is 1. The Morgan fingerprint density at radius 1 is 0.957 bits per heavy atom. The molecule has 0 aliphatic carbocycles. The van der Waals surface area contributed by atoms with Gasteiger partial charge in [-0.05, 0) is 63.0 Å². The van der Waals surface area contributed by atoms with Crippen LogP contribution in [0, 0.1) is 5.41 Å². The summed E-state index contributed by atoms with van der Waals surface area (Å²) in [6, 6.07) is 3.49. The van der Waals surface area contributed by atoms with E-state index in [9.17, 15) is 29.1 Å². The summed E-state index contributed by atoms with van der Waals surface area (Å²) in [6.07, 6.45) is 5.53. The molecule has 2 aromatic rings. The third-order valence-corrected chi connectivity index (χ3v) is 8.54. The number of nitrogens with zero attached hydrogens (tertiary/aromatic N) is 2. The number of fused-ring (bicyclic) bond motifs is 1. The van der Waals surface area contributed by atoms with Crippen molar-refractivity contribution in [2.24, 2.45) is 5.41 Å². The van der Waals surface area contributed by atoms with Crippen molar-refractivity contribution in [2.75, 3.05) is 7.11 Å². The molecule has 4 amide bonds. The molecule has 0 spiro atoms. The molecule has 0 bridgehead atoms. The van der Waals surface area contributed by atoms with Crippen LogP contribution in [0.1, 0.15) is 92.1 Å². The van der Waals surface area contributed by atoms with Crippen LogP contribution in [-0.2, 0) is 25.5 Å². The van der Waals surface area contributed by atoms with Gasteiger partial charge in [-0.1, -0.05) is 58.7 Å². The van der Waals surface area contributed by atoms with Crippen molar-refractivity contribution in [3.8, 4) is 0 Å². The molecule has 0 radical (unpaired) electrons. The van der Waals surface area contributed by atoms with Gasteiger partial charge in [0.15, 0.2) is 0 Å². The Morgan fingerprint density at radius 3 is 2.15 bits per heavy atom. The Hall–Kier alpha value is -4.09. The summed E-state index contributed by atoms with van der Waals surface area (Å²) in [7, 11) is 1.27. The minimum absolute atomic E-state index is 0.0174. The number of unbranched alkanes of at least 4 members (excludes halogenated alkanes) is 1. The smallest absolute Gasteiger partial charge is 0.418 e. The molecule has 1 fully saturated rings. The van der Waals surface area contributed by atoms with E-state index in [1.54, 1.807) is 35.4 Å². The number of hydrogen-bond donors (Lipinski definition) is 4. The Kier molecular flexibility index (Phi) is 12.6. The van der Waals surface area contributed by atoms with E-state index in [-0.39, 0.29) is 36.4 Å². The van der Waals surface area contributed by atoms with Crippen LogP contribution in [0.25, 0.3) is 10.9 Å². The van der Waals surface area contributed by atoms with Crippen LogP contribution in [0.4, 0.5) is 9.59 Å². The fraction of sp³-hybridized carbons (Fsp3) is 0.618. The van der Waals surface area contributed by atoms with Gasteiger partial charge in [0, 0.05) is 30.1 Å². The molecule has 12 heteroatoms. The van der Waals surface area contributed by atoms with Gasteiger partial charge >= 0.3 is 18.1 Å². The van der Waals surface area contributed by atoms with Gasteiger partial charge in [0.1, 0.15) is 18.1 Å². The van der Waals surface area contributed by atoms with Gasteiger partial charge in [-0.15, -0.1) is 0 Å². The molecule has 1 aliphatic heterocycles. The number of benzene rings is 1. The van der Waals surface area contributed by atoms with Gasteiger partial charge < -0.3 is 30.7 Å². The molecule has 5 atom stereocenters. The number of carbonyl (C=O) groups excluding carboxylic acids is 4. The maximum atomic E-state index is 14.0. The summed E-state index contributed by atoms with van der Waals surface area (Å²) in [6.45, 7) is 11.8. The number of urea groups is 1. The average Bonchev–Trinajstić information content (AvgIpc) is 3.35. The summed E-state index contributed by atoms with van der Waals surface area (Å²) < 4.78 is 6.26. The number of aromatic nitrogens is 1. The Bertz CT molecular complexity index is 1390. The zero-order chi connectivity index (χ0) is 34.2. The Balaban J connectivity index is 1.97. The van der Waals surface area contributed by atoms with E-state index >= 15 is 0 Å². The lowest BCUT2D eigenvalue weighted by molar-refractivity contribution is -0.142. The second-order valence-corrected chi connectivity index (χ2v) is 13.6. The number of hydrogen-bond acceptors (Lipinski definition) is 6. The van der Waals surface area contributed by atoms with Crippen molar-refractivity contribution in [1.82, 2.24) is 25.4 Å². The predicted molar refractivity (Wildman–Crippen MR) is 175 cm³/mol. The van der Waals surface area contributed by atoms with Gasteiger partial charge in [-0.3, -0.25) is 14.2 Å². The van der Waals surface area contributed by atoms with E-state index < -0.39 is 42.0 Å². The highest BCUT2D eigenvalue weighted by atomic mass is 16.5. The summed E-state index contributed by atoms with van der Waals surface area (Å²) in [5.74, 6) is -2.40. The molecule has 0 saturated carbocycles. The number of carboxylic acid groups (broad SMARTS) is 1. The Morgan fingerprint density at radius 2 is 1.57 bits per heavy atom. The molecule has 254 valence electrons. The molecule has 3 rings (SSSR count). The number of carbonyl (C=O) groups is 5.